The van der Waals surface area contributed by atoms with Crippen molar-refractivity contribution in [2.75, 3.05) is 12.3 Å². The minimum absolute atomic E-state index is 0. The Kier molecular flexibility index (Phi) is 5.02. The molecule has 0 saturated carbocycles. The molecular weight excluding hydrogens is 213 g/mol. The van der Waals surface area contributed by atoms with E-state index in [0.29, 0.717) is 16.4 Å². The van der Waals surface area contributed by atoms with Crippen molar-refractivity contribution in [2.45, 2.75) is 6.04 Å². The quantitative estimate of drug-likeness (QED) is 0.646. The van der Waals surface area contributed by atoms with E-state index in [2.05, 4.69) is 4.98 Å². The lowest BCUT2D eigenvalue weighted by atomic mass is 10.1. The highest BCUT2D eigenvalue weighted by Crippen LogP contribution is 2.20. The van der Waals surface area contributed by atoms with Gasteiger partial charge >= 0.3 is 0 Å². The first-order valence-electron chi connectivity index (χ1n) is 3.42. The second-order valence-electron chi connectivity index (χ2n) is 2.43. The summed E-state index contributed by atoms with van der Waals surface area (Å²) < 4.78 is 0. The number of hydrogen-bond acceptors (Lipinski definition) is 4. The van der Waals surface area contributed by atoms with Crippen LogP contribution < -0.4 is 11.5 Å². The molecule has 1 rings (SSSR count). The molecule has 13 heavy (non-hydrogen) atoms. The van der Waals surface area contributed by atoms with E-state index >= 15 is 0 Å². The Balaban J connectivity index is 0.00000144. The zero-order chi connectivity index (χ0) is 9.14. The summed E-state index contributed by atoms with van der Waals surface area (Å²) in [5, 5.41) is 9.08. The summed E-state index contributed by atoms with van der Waals surface area (Å²) in [6, 6.07) is 1.06. The van der Waals surface area contributed by atoms with Crippen LogP contribution in [-0.2, 0) is 0 Å². The molecule has 1 atom stereocenters. The van der Waals surface area contributed by atoms with Crippen molar-refractivity contribution in [2.24, 2.45) is 5.73 Å². The Labute approximate surface area is 87.3 Å². The number of halogens is 2. The van der Waals surface area contributed by atoms with Crippen molar-refractivity contribution >= 4 is 29.7 Å². The van der Waals surface area contributed by atoms with E-state index in [4.69, 9.17) is 28.2 Å². The fourth-order valence-corrected chi connectivity index (χ4v) is 1.04. The van der Waals surface area contributed by atoms with Gasteiger partial charge in [-0.2, -0.15) is 0 Å². The number of pyridine rings is 1. The predicted octanol–water partition coefficient (Wildman–Crippen LogP) is 0.731. The second kappa shape index (κ2) is 5.24. The van der Waals surface area contributed by atoms with Crippen LogP contribution >= 0.6 is 24.0 Å². The highest BCUT2D eigenvalue weighted by Gasteiger charge is 2.08. The summed E-state index contributed by atoms with van der Waals surface area (Å²) in [6.45, 7) is -0.162. The number of aliphatic hydroxyl groups excluding tert-OH is 1. The van der Waals surface area contributed by atoms with Crippen LogP contribution in [0.25, 0.3) is 0 Å². The molecule has 1 aromatic rings. The van der Waals surface area contributed by atoms with Gasteiger partial charge in [0.2, 0.25) is 0 Å². The van der Waals surface area contributed by atoms with Gasteiger partial charge in [0.05, 0.1) is 24.5 Å². The monoisotopic (exact) mass is 223 g/mol. The van der Waals surface area contributed by atoms with Crippen LogP contribution in [-0.4, -0.2) is 16.7 Å². The number of nitrogens with two attached hydrogens (primary N) is 2. The van der Waals surface area contributed by atoms with Gasteiger partial charge in [0.15, 0.2) is 0 Å². The lowest BCUT2D eigenvalue weighted by Gasteiger charge is -2.10. The molecule has 0 aliphatic rings. The van der Waals surface area contributed by atoms with Gasteiger partial charge in [-0.3, -0.25) is 0 Å². The molecule has 1 aromatic heterocycles. The summed E-state index contributed by atoms with van der Waals surface area (Å²) in [7, 11) is 0. The maximum atomic E-state index is 8.76. The number of nitrogens with zero attached hydrogens (tertiary/aromatic N) is 1. The molecule has 0 amide bonds. The third-order valence-electron chi connectivity index (χ3n) is 1.53. The molecule has 1 heterocycles. The predicted molar refractivity (Wildman–Crippen MR) is 54.9 cm³/mol. The second-order valence-corrected chi connectivity index (χ2v) is 2.81. The zero-order valence-electron chi connectivity index (χ0n) is 6.77. The van der Waals surface area contributed by atoms with Crippen LogP contribution in [0.1, 0.15) is 11.6 Å². The summed E-state index contributed by atoms with van der Waals surface area (Å²) in [4.78, 5) is 3.76. The fourth-order valence-electron chi connectivity index (χ4n) is 0.874. The first-order valence-corrected chi connectivity index (χ1v) is 3.80. The minimum atomic E-state index is -0.495. The van der Waals surface area contributed by atoms with Gasteiger partial charge in [0.1, 0.15) is 5.15 Å². The third kappa shape index (κ3) is 3.00. The van der Waals surface area contributed by atoms with Gasteiger partial charge in [-0.1, -0.05) is 11.6 Å². The zero-order valence-corrected chi connectivity index (χ0v) is 8.35. The molecule has 4 nitrogen and oxygen atoms in total. The molecule has 0 fully saturated rings. The van der Waals surface area contributed by atoms with Crippen molar-refractivity contribution < 1.29 is 5.11 Å². The van der Waals surface area contributed by atoms with E-state index < -0.39 is 6.04 Å². The van der Waals surface area contributed by atoms with E-state index in [9.17, 15) is 0 Å². The van der Waals surface area contributed by atoms with Crippen LogP contribution in [0.2, 0.25) is 5.15 Å². The van der Waals surface area contributed by atoms with E-state index in [1.54, 1.807) is 6.07 Å². The van der Waals surface area contributed by atoms with Gasteiger partial charge in [-0.05, 0) is 11.6 Å². The molecule has 0 bridgehead atoms. The van der Waals surface area contributed by atoms with Gasteiger partial charge in [-0.15, -0.1) is 12.4 Å². The highest BCUT2D eigenvalue weighted by molar-refractivity contribution is 6.29. The van der Waals surface area contributed by atoms with Crippen molar-refractivity contribution in [3.63, 3.8) is 0 Å². The van der Waals surface area contributed by atoms with Crippen LogP contribution in [0.3, 0.4) is 0 Å². The molecule has 6 heteroatoms. The first kappa shape index (κ1) is 12.4. The van der Waals surface area contributed by atoms with Crippen LogP contribution in [0.5, 0.6) is 0 Å². The summed E-state index contributed by atoms with van der Waals surface area (Å²) in [6.07, 6.45) is 1.42. The van der Waals surface area contributed by atoms with Gasteiger partial charge < -0.3 is 16.6 Å². The highest BCUT2D eigenvalue weighted by atomic mass is 35.5. The number of aromatic nitrogens is 1. The summed E-state index contributed by atoms with van der Waals surface area (Å²) in [5.74, 6) is 0. The lowest BCUT2D eigenvalue weighted by Crippen LogP contribution is -2.16. The maximum Gasteiger partial charge on any atom is 0.129 e. The number of aliphatic hydroxyl groups is 1. The maximum absolute atomic E-state index is 8.76. The van der Waals surface area contributed by atoms with Crippen molar-refractivity contribution in [1.29, 1.82) is 0 Å². The number of nitrogen functional groups attached to an aromatic ring is 1. The van der Waals surface area contributed by atoms with Gasteiger partial charge in [0.25, 0.3) is 0 Å². The van der Waals surface area contributed by atoms with E-state index in [0.717, 1.165) is 0 Å². The molecule has 0 aliphatic carbocycles. The Morgan fingerprint density at radius 3 is 2.77 bits per heavy atom. The van der Waals surface area contributed by atoms with Crippen molar-refractivity contribution in [3.8, 4) is 0 Å². The fraction of sp³-hybridized carbons (Fsp3) is 0.286. The van der Waals surface area contributed by atoms with E-state index in [1.165, 1.54) is 6.20 Å². The standard InChI is InChI=1S/C7H10ClN3O.ClH/c8-7-1-4(6(10)3-12)5(9)2-11-7;/h1-2,6,12H,3,9-10H2;1H/t6-;/m0./s1. The number of hydrogen-bond donors (Lipinski definition) is 3. The van der Waals surface area contributed by atoms with Crippen LogP contribution in [0.4, 0.5) is 5.69 Å². The molecule has 0 unspecified atom stereocenters. The number of rotatable bonds is 2. The van der Waals surface area contributed by atoms with Crippen molar-refractivity contribution in [3.05, 3.63) is 23.0 Å². The van der Waals surface area contributed by atoms with E-state index in [-0.39, 0.29) is 19.0 Å². The minimum Gasteiger partial charge on any atom is -0.397 e. The molecule has 5 N–H and O–H groups in total. The third-order valence-corrected chi connectivity index (χ3v) is 1.74. The molecule has 0 aliphatic heterocycles. The van der Waals surface area contributed by atoms with E-state index in [1.807, 2.05) is 0 Å². The lowest BCUT2D eigenvalue weighted by molar-refractivity contribution is 0.268. The van der Waals surface area contributed by atoms with Crippen molar-refractivity contribution in [1.82, 2.24) is 4.98 Å². The molecule has 0 radical (unpaired) electrons. The van der Waals surface area contributed by atoms with Crippen LogP contribution in [0, 0.1) is 0 Å². The summed E-state index contributed by atoms with van der Waals surface area (Å²) in [5.41, 5.74) is 12.2. The summed E-state index contributed by atoms with van der Waals surface area (Å²) >= 11 is 5.61. The normalized spacial score (nSPS) is 11.9. The molecule has 0 saturated heterocycles. The van der Waals surface area contributed by atoms with Gasteiger partial charge in [0, 0.05) is 0 Å². The molecule has 74 valence electrons. The molecular formula is C7H11Cl2N3O. The Morgan fingerprint density at radius 1 is 1.62 bits per heavy atom. The first-order chi connectivity index (χ1) is 5.65. The van der Waals surface area contributed by atoms with Gasteiger partial charge in [-0.25, -0.2) is 4.98 Å². The average Bonchev–Trinajstić information content (AvgIpc) is 2.08. The topological polar surface area (TPSA) is 85.2 Å². The van der Waals surface area contributed by atoms with Crippen LogP contribution in [0.15, 0.2) is 12.3 Å². The number of anilines is 1. The Hall–Kier alpha value is -0.550. The average molecular weight is 224 g/mol. The Bertz CT molecular complexity index is 282. The molecule has 0 spiro atoms. The smallest absolute Gasteiger partial charge is 0.129 e. The largest absolute Gasteiger partial charge is 0.397 e. The Morgan fingerprint density at radius 2 is 2.23 bits per heavy atom. The molecule has 0 aromatic carbocycles. The SMILES string of the molecule is Cl.Nc1cnc(Cl)cc1[C@@H](N)CO.